The molecule has 0 saturated heterocycles. The van der Waals surface area contributed by atoms with Crippen molar-refractivity contribution in [1.82, 2.24) is 10.3 Å². The van der Waals surface area contributed by atoms with E-state index in [9.17, 15) is 9.81 Å². The fourth-order valence-electron chi connectivity index (χ4n) is 3.40. The molecule has 1 saturated carbocycles. The topological polar surface area (TPSA) is 83.8 Å². The number of hydrogen-bond acceptors (Lipinski definition) is 6. The second-order valence-corrected chi connectivity index (χ2v) is 6.71. The SMILES string of the molecule is O=NN(OCc1ccccc1)[C@@H]1CCCC[C@@H]1N(N=O)OCc1ccccc1. The van der Waals surface area contributed by atoms with Gasteiger partial charge in [0.05, 0.1) is 10.6 Å². The molecule has 2 aromatic carbocycles. The third-order valence-electron chi connectivity index (χ3n) is 4.83. The quantitative estimate of drug-likeness (QED) is 0.442. The first kappa shape index (κ1) is 19.9. The van der Waals surface area contributed by atoms with Gasteiger partial charge in [-0.25, -0.2) is 9.68 Å². The number of benzene rings is 2. The lowest BCUT2D eigenvalue weighted by Crippen LogP contribution is -2.49. The lowest BCUT2D eigenvalue weighted by Gasteiger charge is -2.38. The summed E-state index contributed by atoms with van der Waals surface area (Å²) < 4.78 is 0. The van der Waals surface area contributed by atoms with Gasteiger partial charge in [0.1, 0.15) is 25.3 Å². The molecule has 1 aliphatic carbocycles. The zero-order chi connectivity index (χ0) is 19.6. The van der Waals surface area contributed by atoms with Gasteiger partial charge in [-0.05, 0) is 24.0 Å². The fraction of sp³-hybridized carbons (Fsp3) is 0.400. The van der Waals surface area contributed by atoms with E-state index >= 15 is 0 Å². The summed E-state index contributed by atoms with van der Waals surface area (Å²) in [7, 11) is 0. The normalized spacial score (nSPS) is 19.0. The molecule has 8 heteroatoms. The Labute approximate surface area is 163 Å². The molecule has 2 atom stereocenters. The molecule has 3 rings (SSSR count). The monoisotopic (exact) mass is 384 g/mol. The van der Waals surface area contributed by atoms with E-state index in [-0.39, 0.29) is 13.2 Å². The number of nitrogens with zero attached hydrogens (tertiary/aromatic N) is 4. The minimum Gasteiger partial charge on any atom is -0.249 e. The van der Waals surface area contributed by atoms with Crippen LogP contribution in [-0.4, -0.2) is 22.4 Å². The van der Waals surface area contributed by atoms with E-state index in [1.165, 1.54) is 0 Å². The predicted octanol–water partition coefficient (Wildman–Crippen LogP) is 4.53. The summed E-state index contributed by atoms with van der Waals surface area (Å²) >= 11 is 0. The Kier molecular flexibility index (Phi) is 7.45. The highest BCUT2D eigenvalue weighted by Crippen LogP contribution is 2.29. The molecule has 0 bridgehead atoms. The van der Waals surface area contributed by atoms with E-state index in [1.807, 2.05) is 60.7 Å². The van der Waals surface area contributed by atoms with Crippen LogP contribution in [0.5, 0.6) is 0 Å². The Bertz CT molecular complexity index is 668. The minimum atomic E-state index is -0.413. The maximum absolute atomic E-state index is 11.4. The van der Waals surface area contributed by atoms with Gasteiger partial charge < -0.3 is 0 Å². The lowest BCUT2D eigenvalue weighted by atomic mass is 9.91. The van der Waals surface area contributed by atoms with Crippen LogP contribution in [0.3, 0.4) is 0 Å². The average molecular weight is 384 g/mol. The van der Waals surface area contributed by atoms with E-state index < -0.39 is 12.1 Å². The molecule has 1 aliphatic rings. The highest BCUT2D eigenvalue weighted by Gasteiger charge is 2.37. The van der Waals surface area contributed by atoms with Gasteiger partial charge in [0.2, 0.25) is 0 Å². The van der Waals surface area contributed by atoms with Crippen molar-refractivity contribution in [2.24, 2.45) is 10.6 Å². The van der Waals surface area contributed by atoms with Crippen molar-refractivity contribution in [3.63, 3.8) is 0 Å². The van der Waals surface area contributed by atoms with Gasteiger partial charge in [0.25, 0.3) is 0 Å². The van der Waals surface area contributed by atoms with Gasteiger partial charge in [-0.15, -0.1) is 20.2 Å². The number of hydroxylamine groups is 2. The van der Waals surface area contributed by atoms with Gasteiger partial charge in [-0.1, -0.05) is 73.5 Å². The second kappa shape index (κ2) is 10.5. The average Bonchev–Trinajstić information content (AvgIpc) is 2.77. The van der Waals surface area contributed by atoms with Crippen molar-refractivity contribution in [2.45, 2.75) is 51.0 Å². The Morgan fingerprint density at radius 3 is 1.46 bits per heavy atom. The molecule has 0 N–H and O–H groups in total. The molecular formula is C20H24N4O4. The Morgan fingerprint density at radius 1 is 0.714 bits per heavy atom. The van der Waals surface area contributed by atoms with Crippen LogP contribution in [-0.2, 0) is 22.9 Å². The molecule has 0 spiro atoms. The van der Waals surface area contributed by atoms with Crippen LogP contribution in [0.25, 0.3) is 0 Å². The van der Waals surface area contributed by atoms with Crippen LogP contribution < -0.4 is 0 Å². The maximum Gasteiger partial charge on any atom is 0.104 e. The molecule has 1 fully saturated rings. The van der Waals surface area contributed by atoms with Crippen LogP contribution in [0.1, 0.15) is 36.8 Å². The van der Waals surface area contributed by atoms with Gasteiger partial charge in [-0.3, -0.25) is 0 Å². The Balaban J connectivity index is 1.64. The van der Waals surface area contributed by atoms with Crippen LogP contribution >= 0.6 is 0 Å². The van der Waals surface area contributed by atoms with Gasteiger partial charge in [0.15, 0.2) is 0 Å². The van der Waals surface area contributed by atoms with E-state index in [1.54, 1.807) is 0 Å². The Morgan fingerprint density at radius 2 is 1.11 bits per heavy atom. The molecule has 2 aromatic rings. The molecule has 0 unspecified atom stereocenters. The van der Waals surface area contributed by atoms with Crippen LogP contribution in [0.4, 0.5) is 0 Å². The van der Waals surface area contributed by atoms with Crippen molar-refractivity contribution >= 4 is 0 Å². The summed E-state index contributed by atoms with van der Waals surface area (Å²) in [4.78, 5) is 34.2. The van der Waals surface area contributed by atoms with E-state index in [0.717, 1.165) is 34.3 Å². The van der Waals surface area contributed by atoms with Gasteiger partial charge >= 0.3 is 0 Å². The summed E-state index contributed by atoms with van der Waals surface area (Å²) in [5, 5.41) is 8.21. The van der Waals surface area contributed by atoms with Crippen molar-refractivity contribution in [2.75, 3.05) is 0 Å². The largest absolute Gasteiger partial charge is 0.249 e. The molecule has 0 aromatic heterocycles. The van der Waals surface area contributed by atoms with Crippen molar-refractivity contribution < 1.29 is 9.68 Å². The van der Waals surface area contributed by atoms with Crippen molar-refractivity contribution in [3.05, 3.63) is 81.6 Å². The molecule has 0 aliphatic heterocycles. The fourth-order valence-corrected chi connectivity index (χ4v) is 3.40. The highest BCUT2D eigenvalue weighted by molar-refractivity contribution is 5.14. The zero-order valence-electron chi connectivity index (χ0n) is 15.6. The second-order valence-electron chi connectivity index (χ2n) is 6.71. The van der Waals surface area contributed by atoms with E-state index in [2.05, 4.69) is 10.6 Å². The smallest absolute Gasteiger partial charge is 0.104 e. The predicted molar refractivity (Wildman–Crippen MR) is 104 cm³/mol. The molecule has 0 amide bonds. The first-order chi connectivity index (χ1) is 13.8. The molecule has 148 valence electrons. The third kappa shape index (κ3) is 5.34. The number of rotatable bonds is 10. The third-order valence-corrected chi connectivity index (χ3v) is 4.83. The molecule has 8 nitrogen and oxygen atoms in total. The number of nitroso groups, excluding NO2 is 2. The van der Waals surface area contributed by atoms with E-state index in [0.29, 0.717) is 12.8 Å². The summed E-state index contributed by atoms with van der Waals surface area (Å²) in [6.07, 6.45) is 3.14. The molecule has 28 heavy (non-hydrogen) atoms. The summed E-state index contributed by atoms with van der Waals surface area (Å²) in [6, 6.07) is 18.2. The number of hydrogen-bond donors (Lipinski definition) is 0. The molecular weight excluding hydrogens is 360 g/mol. The van der Waals surface area contributed by atoms with Crippen LogP contribution in [0.2, 0.25) is 0 Å². The van der Waals surface area contributed by atoms with Gasteiger partial charge in [0, 0.05) is 0 Å². The first-order valence-electron chi connectivity index (χ1n) is 9.40. The van der Waals surface area contributed by atoms with Gasteiger partial charge in [-0.2, -0.15) is 0 Å². The zero-order valence-corrected chi connectivity index (χ0v) is 15.6. The lowest BCUT2D eigenvalue weighted by molar-refractivity contribution is -0.263. The standard InChI is InChI=1S/C20H24N4O4/c25-21-23(27-15-17-9-3-1-4-10-17)19-13-7-8-14-20(19)24(22-26)28-16-18-11-5-2-6-12-18/h1-6,9-12,19-20H,7-8,13-16H2/t19-,20+. The molecule has 0 heterocycles. The van der Waals surface area contributed by atoms with Crippen molar-refractivity contribution in [3.8, 4) is 0 Å². The van der Waals surface area contributed by atoms with E-state index in [4.69, 9.17) is 9.68 Å². The molecule has 0 radical (unpaired) electrons. The summed E-state index contributed by atoms with van der Waals surface area (Å²) in [6.45, 7) is 0.435. The maximum atomic E-state index is 11.4. The summed E-state index contributed by atoms with van der Waals surface area (Å²) in [5.41, 5.74) is 1.85. The highest BCUT2D eigenvalue weighted by atomic mass is 16.7. The minimum absolute atomic E-state index is 0.217. The Hall–Kier alpha value is -2.84. The van der Waals surface area contributed by atoms with Crippen LogP contribution in [0.15, 0.2) is 71.2 Å². The van der Waals surface area contributed by atoms with Crippen LogP contribution in [0, 0.1) is 9.81 Å². The van der Waals surface area contributed by atoms with Crippen molar-refractivity contribution in [1.29, 1.82) is 0 Å². The first-order valence-corrected chi connectivity index (χ1v) is 9.40. The summed E-state index contributed by atoms with van der Waals surface area (Å²) in [5.74, 6) is 0.